The van der Waals surface area contributed by atoms with Gasteiger partial charge in [0.1, 0.15) is 6.33 Å². The molecule has 2 aliphatic rings. The Morgan fingerprint density at radius 2 is 2.25 bits per heavy atom. The van der Waals surface area contributed by atoms with E-state index in [1.807, 2.05) is 6.20 Å². The van der Waals surface area contributed by atoms with E-state index in [-0.39, 0.29) is 0 Å². The Balaban J connectivity index is 1.65. The molecular weight excluding hydrogens is 248 g/mol. The van der Waals surface area contributed by atoms with Gasteiger partial charge in [-0.1, -0.05) is 6.07 Å². The van der Waals surface area contributed by atoms with Gasteiger partial charge in [0.25, 0.3) is 0 Å². The van der Waals surface area contributed by atoms with Gasteiger partial charge in [-0.3, -0.25) is 9.88 Å². The standard InChI is InChI=1S/C16H18N4/c1-11-3-2-4-12(19-11)9-20-13-5-6-16(20)14-8-17-10-18-15(14)7-13/h2-4,8,10,13,16H,5-7,9H2,1H3. The number of rotatable bonds is 2. The summed E-state index contributed by atoms with van der Waals surface area (Å²) in [6.07, 6.45) is 7.21. The summed E-state index contributed by atoms with van der Waals surface area (Å²) in [7, 11) is 0. The van der Waals surface area contributed by atoms with Crippen LogP contribution < -0.4 is 0 Å². The Kier molecular flexibility index (Phi) is 2.77. The molecule has 0 spiro atoms. The molecule has 2 atom stereocenters. The Morgan fingerprint density at radius 1 is 1.30 bits per heavy atom. The molecule has 2 aliphatic heterocycles. The lowest BCUT2D eigenvalue weighted by molar-refractivity contribution is 0.164. The second-order valence-electron chi connectivity index (χ2n) is 5.82. The SMILES string of the molecule is Cc1cccc(CN2C3CCC2c2cncnc2C3)n1. The number of hydrogen-bond acceptors (Lipinski definition) is 4. The van der Waals surface area contributed by atoms with Crippen molar-refractivity contribution in [3.05, 3.63) is 53.4 Å². The van der Waals surface area contributed by atoms with Crippen molar-refractivity contribution in [3.8, 4) is 0 Å². The van der Waals surface area contributed by atoms with Crippen molar-refractivity contribution in [2.75, 3.05) is 0 Å². The van der Waals surface area contributed by atoms with Gasteiger partial charge in [-0.25, -0.2) is 9.97 Å². The Morgan fingerprint density at radius 3 is 3.15 bits per heavy atom. The largest absolute Gasteiger partial charge is 0.287 e. The van der Waals surface area contributed by atoms with Crippen LogP contribution in [0.2, 0.25) is 0 Å². The summed E-state index contributed by atoms with van der Waals surface area (Å²) in [5, 5.41) is 0. The predicted octanol–water partition coefficient (Wildman–Crippen LogP) is 2.44. The van der Waals surface area contributed by atoms with E-state index in [1.165, 1.54) is 29.8 Å². The molecule has 20 heavy (non-hydrogen) atoms. The van der Waals surface area contributed by atoms with E-state index in [0.29, 0.717) is 12.1 Å². The average Bonchev–Trinajstić information content (AvgIpc) is 2.73. The van der Waals surface area contributed by atoms with Gasteiger partial charge >= 0.3 is 0 Å². The van der Waals surface area contributed by atoms with Crippen LogP contribution in [0.15, 0.2) is 30.7 Å². The third-order valence-corrected chi connectivity index (χ3v) is 4.55. The fourth-order valence-electron chi connectivity index (χ4n) is 3.64. The summed E-state index contributed by atoms with van der Waals surface area (Å²) in [6.45, 7) is 2.99. The smallest absolute Gasteiger partial charge is 0.115 e. The first-order valence-electron chi connectivity index (χ1n) is 7.28. The maximum Gasteiger partial charge on any atom is 0.115 e. The van der Waals surface area contributed by atoms with Gasteiger partial charge in [-0.05, 0) is 31.9 Å². The number of hydrogen-bond donors (Lipinski definition) is 0. The minimum absolute atomic E-state index is 0.479. The number of pyridine rings is 1. The zero-order valence-electron chi connectivity index (χ0n) is 11.7. The van der Waals surface area contributed by atoms with E-state index in [2.05, 4.69) is 45.0 Å². The molecule has 2 aromatic rings. The topological polar surface area (TPSA) is 41.9 Å². The molecule has 2 unspecified atom stereocenters. The molecule has 0 amide bonds. The molecule has 1 fully saturated rings. The van der Waals surface area contributed by atoms with Gasteiger partial charge < -0.3 is 0 Å². The molecule has 0 aromatic carbocycles. The molecule has 4 heteroatoms. The molecule has 2 bridgehead atoms. The number of fused-ring (bicyclic) bond motifs is 4. The van der Waals surface area contributed by atoms with Gasteiger partial charge in [-0.2, -0.15) is 0 Å². The van der Waals surface area contributed by atoms with Gasteiger partial charge in [0.15, 0.2) is 0 Å². The molecule has 4 rings (SSSR count). The summed E-state index contributed by atoms with van der Waals surface area (Å²) in [4.78, 5) is 15.9. The second kappa shape index (κ2) is 4.63. The molecule has 4 heterocycles. The normalized spacial score (nSPS) is 24.6. The first kappa shape index (κ1) is 12.0. The fraction of sp³-hybridized carbons (Fsp3) is 0.438. The molecule has 0 radical (unpaired) electrons. The first-order valence-corrected chi connectivity index (χ1v) is 7.28. The summed E-state index contributed by atoms with van der Waals surface area (Å²) >= 11 is 0. The van der Waals surface area contributed by atoms with Crippen molar-refractivity contribution in [1.82, 2.24) is 19.9 Å². The lowest BCUT2D eigenvalue weighted by Gasteiger charge is -2.35. The van der Waals surface area contributed by atoms with E-state index in [9.17, 15) is 0 Å². The molecule has 0 saturated carbocycles. The maximum atomic E-state index is 4.65. The van der Waals surface area contributed by atoms with Crippen LogP contribution in [-0.2, 0) is 13.0 Å². The van der Waals surface area contributed by atoms with Crippen LogP contribution in [0.25, 0.3) is 0 Å². The summed E-state index contributed by atoms with van der Waals surface area (Å²) in [5.74, 6) is 0. The average molecular weight is 266 g/mol. The van der Waals surface area contributed by atoms with E-state index >= 15 is 0 Å². The zero-order valence-corrected chi connectivity index (χ0v) is 11.7. The van der Waals surface area contributed by atoms with Gasteiger partial charge in [-0.15, -0.1) is 0 Å². The molecule has 1 saturated heterocycles. The second-order valence-corrected chi connectivity index (χ2v) is 5.82. The predicted molar refractivity (Wildman–Crippen MR) is 76.0 cm³/mol. The monoisotopic (exact) mass is 266 g/mol. The van der Waals surface area contributed by atoms with Crippen molar-refractivity contribution in [3.63, 3.8) is 0 Å². The minimum Gasteiger partial charge on any atom is -0.287 e. The molecule has 4 nitrogen and oxygen atoms in total. The third-order valence-electron chi connectivity index (χ3n) is 4.55. The highest BCUT2D eigenvalue weighted by Gasteiger charge is 2.40. The Labute approximate surface area is 118 Å². The zero-order chi connectivity index (χ0) is 13.5. The van der Waals surface area contributed by atoms with Crippen LogP contribution in [-0.4, -0.2) is 25.9 Å². The maximum absolute atomic E-state index is 4.65. The quantitative estimate of drug-likeness (QED) is 0.837. The number of aryl methyl sites for hydroxylation is 1. The van der Waals surface area contributed by atoms with E-state index in [1.54, 1.807) is 6.33 Å². The van der Waals surface area contributed by atoms with Crippen molar-refractivity contribution in [1.29, 1.82) is 0 Å². The molecule has 2 aromatic heterocycles. The van der Waals surface area contributed by atoms with Gasteiger partial charge in [0.05, 0.1) is 11.4 Å². The summed E-state index contributed by atoms with van der Waals surface area (Å²) < 4.78 is 0. The highest BCUT2D eigenvalue weighted by Crippen LogP contribution is 2.43. The lowest BCUT2D eigenvalue weighted by Crippen LogP contribution is -2.37. The first-order chi connectivity index (χ1) is 9.81. The Bertz CT molecular complexity index is 640. The highest BCUT2D eigenvalue weighted by atomic mass is 15.2. The van der Waals surface area contributed by atoms with Crippen LogP contribution in [0.5, 0.6) is 0 Å². The van der Waals surface area contributed by atoms with Gasteiger partial charge in [0, 0.05) is 42.5 Å². The van der Waals surface area contributed by atoms with Crippen molar-refractivity contribution in [2.24, 2.45) is 0 Å². The summed E-state index contributed by atoms with van der Waals surface area (Å²) in [6, 6.07) is 7.37. The van der Waals surface area contributed by atoms with Crippen LogP contribution in [0, 0.1) is 6.92 Å². The molecule has 0 N–H and O–H groups in total. The van der Waals surface area contributed by atoms with Gasteiger partial charge in [0.2, 0.25) is 0 Å². The van der Waals surface area contributed by atoms with Crippen LogP contribution in [0.4, 0.5) is 0 Å². The third kappa shape index (κ3) is 1.91. The highest BCUT2D eigenvalue weighted by molar-refractivity contribution is 5.28. The van der Waals surface area contributed by atoms with E-state index in [0.717, 1.165) is 18.7 Å². The summed E-state index contributed by atoms with van der Waals surface area (Å²) in [5.41, 5.74) is 4.84. The molecule has 102 valence electrons. The molecule has 0 aliphatic carbocycles. The van der Waals surface area contributed by atoms with Crippen LogP contribution in [0.1, 0.15) is 41.5 Å². The number of nitrogens with zero attached hydrogens (tertiary/aromatic N) is 4. The van der Waals surface area contributed by atoms with Crippen LogP contribution >= 0.6 is 0 Å². The van der Waals surface area contributed by atoms with Crippen LogP contribution in [0.3, 0.4) is 0 Å². The van der Waals surface area contributed by atoms with Crippen molar-refractivity contribution in [2.45, 2.75) is 44.8 Å². The van der Waals surface area contributed by atoms with Crippen molar-refractivity contribution < 1.29 is 0 Å². The van der Waals surface area contributed by atoms with Crippen molar-refractivity contribution >= 4 is 0 Å². The lowest BCUT2D eigenvalue weighted by atomic mass is 9.99. The van der Waals surface area contributed by atoms with E-state index in [4.69, 9.17) is 0 Å². The molecular formula is C16H18N4. The number of aromatic nitrogens is 3. The minimum atomic E-state index is 0.479. The van der Waals surface area contributed by atoms with E-state index < -0.39 is 0 Å². The Hall–Kier alpha value is -1.81. The fourth-order valence-corrected chi connectivity index (χ4v) is 3.64.